The van der Waals surface area contributed by atoms with Gasteiger partial charge < -0.3 is 20.9 Å². The van der Waals surface area contributed by atoms with Gasteiger partial charge in [0.1, 0.15) is 0 Å². The lowest BCUT2D eigenvalue weighted by Gasteiger charge is -2.32. The molecule has 0 spiro atoms. The number of para-hydroxylation sites is 1. The topological polar surface area (TPSA) is 108 Å². The number of halogens is 3. The number of benzene rings is 2. The number of rotatable bonds is 7. The zero-order valence-electron chi connectivity index (χ0n) is 20.4. The molecule has 38 heavy (non-hydrogen) atoms. The number of urea groups is 1. The van der Waals surface area contributed by atoms with Crippen molar-refractivity contribution in [3.05, 3.63) is 83.7 Å². The summed E-state index contributed by atoms with van der Waals surface area (Å²) in [6.07, 6.45) is -2.59. The Bertz CT molecular complexity index is 1260. The van der Waals surface area contributed by atoms with E-state index < -0.39 is 23.3 Å². The van der Waals surface area contributed by atoms with Crippen molar-refractivity contribution in [2.45, 2.75) is 25.1 Å². The van der Waals surface area contributed by atoms with Crippen LogP contribution >= 0.6 is 0 Å². The highest BCUT2D eigenvalue weighted by Crippen LogP contribution is 2.31. The Labute approximate surface area is 217 Å². The Kier molecular flexibility index (Phi) is 8.29. The van der Waals surface area contributed by atoms with E-state index in [2.05, 4.69) is 21.0 Å². The monoisotopic (exact) mass is 528 g/mol. The molecule has 200 valence electrons. The van der Waals surface area contributed by atoms with Crippen molar-refractivity contribution in [2.75, 3.05) is 26.2 Å². The van der Waals surface area contributed by atoms with Crippen LogP contribution in [0.4, 0.5) is 18.0 Å². The number of hydrogen-bond acceptors (Lipinski definition) is 4. The van der Waals surface area contributed by atoms with Crippen LogP contribution in [0, 0.1) is 0 Å². The normalized spacial score (nSPS) is 14.1. The number of hydrogen-bond donors (Lipinski definition) is 3. The molecule has 0 bridgehead atoms. The molecule has 0 radical (unpaired) electrons. The van der Waals surface area contributed by atoms with Crippen molar-refractivity contribution in [2.24, 2.45) is 0 Å². The molecule has 0 atom stereocenters. The largest absolute Gasteiger partial charge is 0.435 e. The fraction of sp³-hybridized carbons (Fsp3) is 0.308. The standard InChI is InChI=1S/C26H27F3N6O3/c27-26(28,29)22-21(17-35(33-22)20-9-5-2-6-10-20)24(37)30-13-14-31-25(38)34-15-11-19(12-16-34)32-23(36)18-7-3-1-4-8-18/h1-10,17,19H,11-16H2,(H,30,37)(H,31,38)(H,32,36). The molecule has 4 rings (SSSR count). The highest BCUT2D eigenvalue weighted by molar-refractivity contribution is 5.95. The van der Waals surface area contributed by atoms with E-state index in [9.17, 15) is 27.6 Å². The highest BCUT2D eigenvalue weighted by atomic mass is 19.4. The number of amides is 4. The maximum absolute atomic E-state index is 13.5. The maximum atomic E-state index is 13.5. The molecule has 1 aliphatic heterocycles. The van der Waals surface area contributed by atoms with E-state index in [0.29, 0.717) is 37.2 Å². The number of likely N-dealkylation sites (tertiary alicyclic amines) is 1. The first kappa shape index (κ1) is 26.7. The number of nitrogens with one attached hydrogen (secondary N) is 3. The minimum Gasteiger partial charge on any atom is -0.350 e. The van der Waals surface area contributed by atoms with E-state index in [1.807, 2.05) is 6.07 Å². The predicted molar refractivity (Wildman–Crippen MR) is 133 cm³/mol. The van der Waals surface area contributed by atoms with Gasteiger partial charge in [-0.25, -0.2) is 9.48 Å². The van der Waals surface area contributed by atoms with Gasteiger partial charge in [0, 0.05) is 44.0 Å². The Morgan fingerprint density at radius 1 is 0.868 bits per heavy atom. The second-order valence-corrected chi connectivity index (χ2v) is 8.76. The summed E-state index contributed by atoms with van der Waals surface area (Å²) in [5, 5.41) is 11.6. The Balaban J connectivity index is 1.22. The third kappa shape index (κ3) is 6.69. The van der Waals surface area contributed by atoms with E-state index in [0.717, 1.165) is 10.9 Å². The van der Waals surface area contributed by atoms with Crippen LogP contribution in [-0.4, -0.2) is 64.7 Å². The van der Waals surface area contributed by atoms with E-state index in [-0.39, 0.29) is 31.1 Å². The van der Waals surface area contributed by atoms with Gasteiger partial charge in [-0.1, -0.05) is 36.4 Å². The van der Waals surface area contributed by atoms with Gasteiger partial charge in [0.05, 0.1) is 11.3 Å². The predicted octanol–water partition coefficient (Wildman–Crippen LogP) is 3.22. The molecular formula is C26H27F3N6O3. The minimum atomic E-state index is -4.81. The first-order chi connectivity index (χ1) is 18.2. The molecule has 0 unspecified atom stereocenters. The molecule has 1 aromatic heterocycles. The quantitative estimate of drug-likeness (QED) is 0.409. The lowest BCUT2D eigenvalue weighted by atomic mass is 10.0. The van der Waals surface area contributed by atoms with Crippen molar-refractivity contribution in [3.63, 3.8) is 0 Å². The Morgan fingerprint density at radius 3 is 2.11 bits per heavy atom. The zero-order valence-corrected chi connectivity index (χ0v) is 20.4. The third-order valence-corrected chi connectivity index (χ3v) is 6.09. The summed E-state index contributed by atoms with van der Waals surface area (Å²) < 4.78 is 41.4. The van der Waals surface area contributed by atoms with E-state index in [4.69, 9.17) is 0 Å². The van der Waals surface area contributed by atoms with Crippen LogP contribution in [0.2, 0.25) is 0 Å². The fourth-order valence-corrected chi connectivity index (χ4v) is 4.10. The van der Waals surface area contributed by atoms with E-state index in [1.165, 1.54) is 0 Å². The van der Waals surface area contributed by atoms with Crippen LogP contribution in [0.25, 0.3) is 5.69 Å². The summed E-state index contributed by atoms with van der Waals surface area (Å²) in [6.45, 7) is 0.836. The van der Waals surface area contributed by atoms with Crippen LogP contribution in [0.15, 0.2) is 66.9 Å². The van der Waals surface area contributed by atoms with Crippen LogP contribution in [-0.2, 0) is 6.18 Å². The molecule has 9 nitrogen and oxygen atoms in total. The van der Waals surface area contributed by atoms with Gasteiger partial charge in [-0.15, -0.1) is 0 Å². The van der Waals surface area contributed by atoms with Crippen molar-refractivity contribution >= 4 is 17.8 Å². The van der Waals surface area contributed by atoms with Crippen molar-refractivity contribution in [3.8, 4) is 5.69 Å². The number of carbonyl (C=O) groups is 3. The minimum absolute atomic E-state index is 0.0312. The summed E-state index contributed by atoms with van der Waals surface area (Å²) in [4.78, 5) is 38.9. The fourth-order valence-electron chi connectivity index (χ4n) is 4.10. The van der Waals surface area contributed by atoms with Crippen LogP contribution in [0.1, 0.15) is 39.3 Å². The SMILES string of the molecule is O=C(NC1CCN(C(=O)NCCNC(=O)c2cn(-c3ccccc3)nc2C(F)(F)F)CC1)c1ccccc1. The average Bonchev–Trinajstić information content (AvgIpc) is 3.39. The average molecular weight is 529 g/mol. The molecule has 1 saturated heterocycles. The van der Waals surface area contributed by atoms with Gasteiger partial charge in [-0.3, -0.25) is 9.59 Å². The number of alkyl halides is 3. The molecule has 2 heterocycles. The molecule has 2 aromatic carbocycles. The zero-order chi connectivity index (χ0) is 27.1. The molecule has 0 aliphatic carbocycles. The van der Waals surface area contributed by atoms with Gasteiger partial charge in [-0.05, 0) is 37.1 Å². The molecule has 3 N–H and O–H groups in total. The number of carbonyl (C=O) groups excluding carboxylic acids is 3. The van der Waals surface area contributed by atoms with Crippen LogP contribution in [0.5, 0.6) is 0 Å². The molecule has 12 heteroatoms. The second kappa shape index (κ2) is 11.8. The van der Waals surface area contributed by atoms with Crippen LogP contribution < -0.4 is 16.0 Å². The first-order valence-corrected chi connectivity index (χ1v) is 12.1. The van der Waals surface area contributed by atoms with Crippen molar-refractivity contribution in [1.82, 2.24) is 30.6 Å². The second-order valence-electron chi connectivity index (χ2n) is 8.76. The van der Waals surface area contributed by atoms with Crippen molar-refractivity contribution in [1.29, 1.82) is 0 Å². The highest BCUT2D eigenvalue weighted by Gasteiger charge is 2.39. The summed E-state index contributed by atoms with van der Waals surface area (Å²) in [7, 11) is 0. The lowest BCUT2D eigenvalue weighted by molar-refractivity contribution is -0.141. The number of nitrogens with zero attached hydrogens (tertiary/aromatic N) is 3. The molecule has 4 amide bonds. The molecule has 3 aromatic rings. The third-order valence-electron chi connectivity index (χ3n) is 6.09. The molecule has 1 aliphatic rings. The molecule has 0 saturated carbocycles. The van der Waals surface area contributed by atoms with Gasteiger partial charge in [0.15, 0.2) is 5.69 Å². The van der Waals surface area contributed by atoms with Crippen molar-refractivity contribution < 1.29 is 27.6 Å². The van der Waals surface area contributed by atoms with Gasteiger partial charge in [0.25, 0.3) is 11.8 Å². The summed E-state index contributed by atoms with van der Waals surface area (Å²) >= 11 is 0. The Morgan fingerprint density at radius 2 is 1.47 bits per heavy atom. The summed E-state index contributed by atoms with van der Waals surface area (Å²) in [5.74, 6) is -1.10. The molecular weight excluding hydrogens is 501 g/mol. The van der Waals surface area contributed by atoms with Gasteiger partial charge in [0.2, 0.25) is 0 Å². The van der Waals surface area contributed by atoms with Gasteiger partial charge in [-0.2, -0.15) is 18.3 Å². The van der Waals surface area contributed by atoms with Crippen LogP contribution in [0.3, 0.4) is 0 Å². The van der Waals surface area contributed by atoms with E-state index >= 15 is 0 Å². The number of aromatic nitrogens is 2. The smallest absolute Gasteiger partial charge is 0.350 e. The summed E-state index contributed by atoms with van der Waals surface area (Å²) in [5.41, 5.74) is -0.936. The number of piperidine rings is 1. The first-order valence-electron chi connectivity index (χ1n) is 12.1. The Hall–Kier alpha value is -4.35. The lowest BCUT2D eigenvalue weighted by Crippen LogP contribution is -2.50. The summed E-state index contributed by atoms with van der Waals surface area (Å²) in [6, 6.07) is 16.6. The maximum Gasteiger partial charge on any atom is 0.435 e. The van der Waals surface area contributed by atoms with E-state index in [1.54, 1.807) is 59.5 Å². The van der Waals surface area contributed by atoms with Gasteiger partial charge >= 0.3 is 12.2 Å². The molecule has 1 fully saturated rings.